The van der Waals surface area contributed by atoms with Crippen molar-refractivity contribution >= 4 is 18.0 Å². The van der Waals surface area contributed by atoms with Crippen molar-refractivity contribution < 1.29 is 24.2 Å². The van der Waals surface area contributed by atoms with Gasteiger partial charge in [-0.3, -0.25) is 9.59 Å². The Labute approximate surface area is 217 Å². The quantitative estimate of drug-likeness (QED) is 0.393. The lowest BCUT2D eigenvalue weighted by atomic mass is 9.48. The van der Waals surface area contributed by atoms with E-state index in [-0.39, 0.29) is 18.0 Å². The predicted molar refractivity (Wildman–Crippen MR) is 140 cm³/mol. The molecule has 1 N–H and O–H groups in total. The Morgan fingerprint density at radius 2 is 2.05 bits per heavy atom. The summed E-state index contributed by atoms with van der Waals surface area (Å²) in [6.45, 7) is 4.23. The maximum absolute atomic E-state index is 13.4. The van der Waals surface area contributed by atoms with Crippen LogP contribution >= 0.6 is 0 Å². The summed E-state index contributed by atoms with van der Waals surface area (Å²) in [6, 6.07) is 11.6. The van der Waals surface area contributed by atoms with E-state index in [4.69, 9.17) is 9.47 Å². The minimum absolute atomic E-state index is 0.0338. The molecule has 2 bridgehead atoms. The van der Waals surface area contributed by atoms with Crippen molar-refractivity contribution in [3.63, 3.8) is 0 Å². The number of piperidine rings is 1. The fourth-order valence-electron chi connectivity index (χ4n) is 7.57. The maximum atomic E-state index is 13.4. The molecule has 1 saturated carbocycles. The third kappa shape index (κ3) is 3.40. The van der Waals surface area contributed by atoms with Gasteiger partial charge in [-0.25, -0.2) is 0 Å². The van der Waals surface area contributed by atoms with Crippen molar-refractivity contribution in [2.75, 3.05) is 20.6 Å². The molecule has 2 fully saturated rings. The summed E-state index contributed by atoms with van der Waals surface area (Å²) in [5, 5.41) is 12.4. The zero-order chi connectivity index (χ0) is 26.1. The first-order valence-corrected chi connectivity index (χ1v) is 13.1. The average Bonchev–Trinajstić information content (AvgIpc) is 3.21. The number of carbonyl (C=O) groups is 2. The number of nitrogens with zero attached hydrogens (tertiary/aromatic N) is 2. The summed E-state index contributed by atoms with van der Waals surface area (Å²) in [6.07, 6.45) is 5.64. The molecule has 0 radical (unpaired) electrons. The highest BCUT2D eigenvalue weighted by molar-refractivity contribution is 5.92. The summed E-state index contributed by atoms with van der Waals surface area (Å²) in [5.74, 6) is 0.433. The molecule has 2 aromatic carbocycles. The normalized spacial score (nSPS) is 31.5. The van der Waals surface area contributed by atoms with Gasteiger partial charge >= 0.3 is 5.97 Å². The molecule has 7 nitrogen and oxygen atoms in total. The van der Waals surface area contributed by atoms with E-state index in [0.29, 0.717) is 37.2 Å². The van der Waals surface area contributed by atoms with Crippen LogP contribution in [0.1, 0.15) is 48.4 Å². The molecule has 4 aliphatic rings. The van der Waals surface area contributed by atoms with Crippen molar-refractivity contribution in [1.82, 2.24) is 9.80 Å². The number of benzene rings is 2. The zero-order valence-electron chi connectivity index (χ0n) is 21.9. The lowest BCUT2D eigenvalue weighted by molar-refractivity contribution is -0.195. The number of aryl methyl sites for hydroxylation is 1. The largest absolute Gasteiger partial charge is 0.483 e. The fourth-order valence-corrected chi connectivity index (χ4v) is 7.57. The number of likely N-dealkylation sites (tertiary alicyclic amines) is 1. The highest BCUT2D eigenvalue weighted by Crippen LogP contribution is 2.65. The van der Waals surface area contributed by atoms with Crippen molar-refractivity contribution in [1.29, 1.82) is 0 Å². The Morgan fingerprint density at radius 3 is 2.81 bits per heavy atom. The van der Waals surface area contributed by atoms with E-state index in [2.05, 4.69) is 11.9 Å². The van der Waals surface area contributed by atoms with Gasteiger partial charge in [-0.2, -0.15) is 0 Å². The van der Waals surface area contributed by atoms with Gasteiger partial charge in [0, 0.05) is 31.7 Å². The van der Waals surface area contributed by atoms with E-state index in [9.17, 15) is 14.7 Å². The van der Waals surface area contributed by atoms with Gasteiger partial charge in [-0.15, -0.1) is 0 Å². The van der Waals surface area contributed by atoms with Gasteiger partial charge in [0.05, 0.1) is 17.1 Å². The summed E-state index contributed by atoms with van der Waals surface area (Å²) in [7, 11) is 3.90. The van der Waals surface area contributed by atoms with Crippen LogP contribution < -0.4 is 9.47 Å². The number of likely N-dealkylation sites (N-methyl/N-ethyl adjacent to an activating group) is 2. The molecular weight excluding hydrogens is 468 g/mol. The molecule has 194 valence electrons. The molecule has 2 heterocycles. The van der Waals surface area contributed by atoms with Gasteiger partial charge < -0.3 is 24.4 Å². The lowest BCUT2D eigenvalue weighted by Gasteiger charge is -2.64. The Bertz CT molecular complexity index is 1320. The highest BCUT2D eigenvalue weighted by atomic mass is 16.6. The summed E-state index contributed by atoms with van der Waals surface area (Å²) in [5.41, 5.74) is 2.56. The van der Waals surface area contributed by atoms with Crippen molar-refractivity contribution in [2.24, 2.45) is 0 Å². The third-order valence-electron chi connectivity index (χ3n) is 9.24. The summed E-state index contributed by atoms with van der Waals surface area (Å²) >= 11 is 0. The van der Waals surface area contributed by atoms with E-state index in [1.165, 1.54) is 6.92 Å². The number of aliphatic hydroxyl groups is 1. The number of amides is 1. The Morgan fingerprint density at radius 1 is 1.24 bits per heavy atom. The van der Waals surface area contributed by atoms with Crippen LogP contribution in [0, 0.1) is 6.92 Å². The molecule has 0 aromatic heterocycles. The van der Waals surface area contributed by atoms with Crippen LogP contribution in [0.3, 0.4) is 0 Å². The second kappa shape index (κ2) is 8.43. The second-order valence-electron chi connectivity index (χ2n) is 11.2. The average molecular weight is 503 g/mol. The first-order valence-electron chi connectivity index (χ1n) is 13.1. The van der Waals surface area contributed by atoms with Crippen LogP contribution in [-0.4, -0.2) is 71.2 Å². The first kappa shape index (κ1) is 24.2. The maximum Gasteiger partial charge on any atom is 0.308 e. The molecule has 0 unspecified atom stereocenters. The van der Waals surface area contributed by atoms with Crippen LogP contribution in [0.25, 0.3) is 6.08 Å². The van der Waals surface area contributed by atoms with Gasteiger partial charge in [-0.05, 0) is 69.5 Å². The smallest absolute Gasteiger partial charge is 0.308 e. The van der Waals surface area contributed by atoms with Crippen LogP contribution in [-0.2, 0) is 21.4 Å². The highest BCUT2D eigenvalue weighted by Gasteiger charge is 2.73. The molecule has 37 heavy (non-hydrogen) atoms. The lowest BCUT2D eigenvalue weighted by Crippen LogP contribution is -2.77. The molecule has 2 aliphatic carbocycles. The van der Waals surface area contributed by atoms with Gasteiger partial charge in [0.15, 0.2) is 11.5 Å². The molecule has 7 heteroatoms. The molecule has 2 aromatic rings. The first-order chi connectivity index (χ1) is 17.7. The number of carbonyl (C=O) groups excluding carboxylic acids is 2. The summed E-state index contributed by atoms with van der Waals surface area (Å²) < 4.78 is 12.3. The topological polar surface area (TPSA) is 79.3 Å². The Kier molecular flexibility index (Phi) is 5.51. The van der Waals surface area contributed by atoms with Crippen LogP contribution in [0.15, 0.2) is 42.5 Å². The van der Waals surface area contributed by atoms with Gasteiger partial charge in [0.1, 0.15) is 6.10 Å². The number of rotatable bonds is 4. The number of ether oxygens (including phenoxy) is 2. The van der Waals surface area contributed by atoms with E-state index < -0.39 is 23.1 Å². The third-order valence-corrected chi connectivity index (χ3v) is 9.24. The molecular formula is C30H34N2O5. The van der Waals surface area contributed by atoms with Gasteiger partial charge in [0.2, 0.25) is 5.91 Å². The predicted octanol–water partition coefficient (Wildman–Crippen LogP) is 3.24. The molecule has 6 rings (SSSR count). The van der Waals surface area contributed by atoms with Crippen molar-refractivity contribution in [3.8, 4) is 11.5 Å². The van der Waals surface area contributed by atoms with Crippen LogP contribution in [0.5, 0.6) is 11.5 Å². The van der Waals surface area contributed by atoms with E-state index >= 15 is 0 Å². The molecule has 2 aliphatic heterocycles. The van der Waals surface area contributed by atoms with Gasteiger partial charge in [0.25, 0.3) is 0 Å². The number of esters is 1. The molecule has 1 saturated heterocycles. The van der Waals surface area contributed by atoms with E-state index in [1.54, 1.807) is 17.0 Å². The van der Waals surface area contributed by atoms with E-state index in [0.717, 1.165) is 28.8 Å². The fraction of sp³-hybridized carbons (Fsp3) is 0.467. The summed E-state index contributed by atoms with van der Waals surface area (Å²) in [4.78, 5) is 29.3. The molecule has 1 spiro atoms. The molecule has 1 amide bonds. The van der Waals surface area contributed by atoms with Crippen LogP contribution in [0.2, 0.25) is 0 Å². The monoisotopic (exact) mass is 502 g/mol. The molecule has 5 atom stereocenters. The van der Waals surface area contributed by atoms with Crippen molar-refractivity contribution in [2.45, 2.75) is 68.7 Å². The van der Waals surface area contributed by atoms with Crippen LogP contribution in [0.4, 0.5) is 0 Å². The second-order valence-corrected chi connectivity index (χ2v) is 11.2. The Hall–Kier alpha value is -3.16. The minimum atomic E-state index is -0.991. The Balaban J connectivity index is 1.40. The van der Waals surface area contributed by atoms with E-state index in [1.807, 2.05) is 50.4 Å². The minimum Gasteiger partial charge on any atom is -0.483 e. The zero-order valence-corrected chi connectivity index (χ0v) is 21.9. The standard InChI is InChI=1S/C30H34N2O5/c1-18-6-5-7-20(16-18)8-11-25(34)32(4)22-12-13-30(35)24-17-21-9-10-23(36-19(2)33)27-26(21)29(30,28(22)37-27)14-15-31(24)3/h5-11,16,22,24,28,35H,12-15,17H2,1-4H3/t22-,24+,28-,29-,30+/m0/s1. The SMILES string of the molecule is CC(=O)Oc1ccc2c3c1O[C@H]1[C@@H](N(C)C(=O)C=Cc4cccc(C)c4)CC[C@@]4(O)[C@@H](C2)N(C)CC[C@]314. The van der Waals surface area contributed by atoms with Gasteiger partial charge in [-0.1, -0.05) is 35.9 Å². The number of hydrogen-bond acceptors (Lipinski definition) is 6. The number of hydrogen-bond donors (Lipinski definition) is 1. The van der Waals surface area contributed by atoms with Crippen molar-refractivity contribution in [3.05, 3.63) is 64.7 Å².